The third kappa shape index (κ3) is 3.55. The van der Waals surface area contributed by atoms with Crippen molar-refractivity contribution < 1.29 is 38.2 Å². The monoisotopic (exact) mass is 450 g/mol. The number of Topliss-reactive ketones (excluding diaryl/α,β-unsaturated/α-hetero) is 1. The summed E-state index contributed by atoms with van der Waals surface area (Å²) in [6.45, 7) is 9.83. The Kier molecular flexibility index (Phi) is 6.07. The molecule has 178 valence electrons. The van der Waals surface area contributed by atoms with Crippen LogP contribution in [0.2, 0.25) is 0 Å². The molecule has 32 heavy (non-hydrogen) atoms. The number of rotatable bonds is 5. The smallest absolute Gasteiger partial charge is 0.314 e. The molecule has 1 heterocycles. The molecule has 1 aliphatic heterocycles. The van der Waals surface area contributed by atoms with Crippen molar-refractivity contribution in [2.24, 2.45) is 28.1 Å². The van der Waals surface area contributed by atoms with Crippen molar-refractivity contribution in [1.82, 2.24) is 0 Å². The number of ketones is 1. The van der Waals surface area contributed by atoms with Gasteiger partial charge in [0.25, 0.3) is 0 Å². The van der Waals surface area contributed by atoms with Crippen LogP contribution >= 0.6 is 0 Å². The lowest BCUT2D eigenvalue weighted by Crippen LogP contribution is -2.65. The van der Waals surface area contributed by atoms with E-state index in [9.17, 15) is 24.0 Å². The number of aldehydes is 1. The number of esters is 3. The molecule has 0 radical (unpaired) electrons. The zero-order valence-corrected chi connectivity index (χ0v) is 19.8. The SMILES string of the molecule is CC(=O)O[C@H](C=O)[C@@]1(OC(C)=O)COC(=O)C1[C@]1(C)CCC2C(C)(C)CCC[C@]2(C)C1=O. The molecule has 0 N–H and O–H groups in total. The Morgan fingerprint density at radius 3 is 2.25 bits per heavy atom. The van der Waals surface area contributed by atoms with Gasteiger partial charge in [0, 0.05) is 24.7 Å². The fourth-order valence-corrected chi connectivity index (χ4v) is 7.02. The van der Waals surface area contributed by atoms with Gasteiger partial charge in [-0.05, 0) is 37.0 Å². The van der Waals surface area contributed by atoms with E-state index >= 15 is 0 Å². The van der Waals surface area contributed by atoms with Crippen molar-refractivity contribution in [2.45, 2.75) is 85.4 Å². The molecule has 3 aliphatic rings. The zero-order valence-electron chi connectivity index (χ0n) is 19.8. The maximum absolute atomic E-state index is 14.2. The second-order valence-corrected chi connectivity index (χ2v) is 10.9. The number of hydrogen-bond acceptors (Lipinski definition) is 8. The zero-order chi connectivity index (χ0) is 24.1. The molecule has 1 saturated heterocycles. The molecular weight excluding hydrogens is 416 g/mol. The summed E-state index contributed by atoms with van der Waals surface area (Å²) in [6.07, 6.45) is 2.49. The van der Waals surface area contributed by atoms with E-state index in [1.807, 2.05) is 6.92 Å². The van der Waals surface area contributed by atoms with Crippen molar-refractivity contribution in [2.75, 3.05) is 6.61 Å². The number of ether oxygens (including phenoxy) is 3. The quantitative estimate of drug-likeness (QED) is 0.357. The maximum Gasteiger partial charge on any atom is 0.314 e. The molecule has 0 bridgehead atoms. The van der Waals surface area contributed by atoms with Crippen LogP contribution in [0.4, 0.5) is 0 Å². The summed E-state index contributed by atoms with van der Waals surface area (Å²) in [4.78, 5) is 63.1. The van der Waals surface area contributed by atoms with E-state index < -0.39 is 53.0 Å². The molecule has 3 rings (SSSR count). The highest BCUT2D eigenvalue weighted by atomic mass is 16.6. The lowest BCUT2D eigenvalue weighted by molar-refractivity contribution is -0.201. The fourth-order valence-electron chi connectivity index (χ4n) is 7.02. The van der Waals surface area contributed by atoms with Crippen molar-refractivity contribution >= 4 is 30.0 Å². The molecule has 8 nitrogen and oxygen atoms in total. The van der Waals surface area contributed by atoms with Gasteiger partial charge in [-0.2, -0.15) is 0 Å². The Labute approximate surface area is 188 Å². The molecule has 0 spiro atoms. The van der Waals surface area contributed by atoms with Crippen LogP contribution in [0.15, 0.2) is 0 Å². The Balaban J connectivity index is 2.12. The topological polar surface area (TPSA) is 113 Å². The first kappa shape index (κ1) is 24.4. The minimum Gasteiger partial charge on any atom is -0.461 e. The van der Waals surface area contributed by atoms with Gasteiger partial charge in [-0.25, -0.2) is 0 Å². The molecule has 8 heteroatoms. The van der Waals surface area contributed by atoms with Crippen molar-refractivity contribution in [3.05, 3.63) is 0 Å². The average Bonchev–Trinajstić information content (AvgIpc) is 3.00. The van der Waals surface area contributed by atoms with Crippen LogP contribution in [0.3, 0.4) is 0 Å². The van der Waals surface area contributed by atoms with E-state index in [-0.39, 0.29) is 17.1 Å². The highest BCUT2D eigenvalue weighted by molar-refractivity contribution is 5.96. The summed E-state index contributed by atoms with van der Waals surface area (Å²) < 4.78 is 16.0. The molecular formula is C24H34O8. The number of cyclic esters (lactones) is 1. The molecule has 6 atom stereocenters. The van der Waals surface area contributed by atoms with Crippen LogP contribution in [0.25, 0.3) is 0 Å². The molecule has 0 aromatic rings. The van der Waals surface area contributed by atoms with E-state index in [2.05, 4.69) is 13.8 Å². The molecule has 2 saturated carbocycles. The van der Waals surface area contributed by atoms with Crippen LogP contribution in [-0.2, 0) is 38.2 Å². The lowest BCUT2D eigenvalue weighted by atomic mass is 9.44. The van der Waals surface area contributed by atoms with E-state index in [0.29, 0.717) is 25.5 Å². The number of carbonyl (C=O) groups excluding carboxylic acids is 5. The predicted molar refractivity (Wildman–Crippen MR) is 112 cm³/mol. The van der Waals surface area contributed by atoms with Gasteiger partial charge in [0.15, 0.2) is 6.29 Å². The first-order chi connectivity index (χ1) is 14.7. The van der Waals surface area contributed by atoms with Crippen LogP contribution in [0.5, 0.6) is 0 Å². The Morgan fingerprint density at radius 1 is 1.03 bits per heavy atom. The summed E-state index contributed by atoms with van der Waals surface area (Å²) in [6, 6.07) is 0. The average molecular weight is 451 g/mol. The lowest BCUT2D eigenvalue weighted by Gasteiger charge is -2.58. The maximum atomic E-state index is 14.2. The Bertz CT molecular complexity index is 847. The summed E-state index contributed by atoms with van der Waals surface area (Å²) in [5, 5.41) is 0. The predicted octanol–water partition coefficient (Wildman–Crippen LogP) is 2.79. The van der Waals surface area contributed by atoms with Gasteiger partial charge in [0.05, 0.1) is 0 Å². The Hall–Kier alpha value is -2.25. The summed E-state index contributed by atoms with van der Waals surface area (Å²) in [7, 11) is 0. The van der Waals surface area contributed by atoms with Crippen LogP contribution in [0.1, 0.15) is 73.6 Å². The van der Waals surface area contributed by atoms with Crippen molar-refractivity contribution in [3.63, 3.8) is 0 Å². The van der Waals surface area contributed by atoms with Crippen molar-refractivity contribution in [1.29, 1.82) is 0 Å². The van der Waals surface area contributed by atoms with Gasteiger partial charge < -0.3 is 14.2 Å². The number of hydrogen-bond donors (Lipinski definition) is 0. The van der Waals surface area contributed by atoms with Gasteiger partial charge in [-0.15, -0.1) is 0 Å². The van der Waals surface area contributed by atoms with Crippen LogP contribution in [-0.4, -0.2) is 48.3 Å². The normalized spacial score (nSPS) is 39.4. The standard InChI is InChI=1S/C24H34O8/c1-14(26)31-17(12-25)24(32-15(2)27)13-30-19(28)18(24)23(6)11-8-16-21(3,4)9-7-10-22(16,5)20(23)29/h12,16-18H,7-11,13H2,1-6H3/t16?,17-,18?,22+,23+,24+/m1/s1. The minimum absolute atomic E-state index is 0.0176. The number of fused-ring (bicyclic) bond motifs is 1. The van der Waals surface area contributed by atoms with E-state index in [0.717, 1.165) is 26.7 Å². The van der Waals surface area contributed by atoms with Crippen LogP contribution < -0.4 is 0 Å². The second-order valence-electron chi connectivity index (χ2n) is 10.9. The van der Waals surface area contributed by atoms with Crippen LogP contribution in [0, 0.1) is 28.1 Å². The highest BCUT2D eigenvalue weighted by Gasteiger charge is 2.71. The highest BCUT2D eigenvalue weighted by Crippen LogP contribution is 2.63. The van der Waals surface area contributed by atoms with Gasteiger partial charge >= 0.3 is 17.9 Å². The van der Waals surface area contributed by atoms with E-state index in [1.54, 1.807) is 6.92 Å². The molecule has 2 unspecified atom stereocenters. The molecule has 2 aliphatic carbocycles. The summed E-state index contributed by atoms with van der Waals surface area (Å²) >= 11 is 0. The first-order valence-corrected chi connectivity index (χ1v) is 11.3. The van der Waals surface area contributed by atoms with Gasteiger partial charge in [0.2, 0.25) is 11.7 Å². The van der Waals surface area contributed by atoms with Gasteiger partial charge in [-0.3, -0.25) is 24.0 Å². The minimum atomic E-state index is -1.89. The molecule has 0 aromatic heterocycles. The molecule has 0 amide bonds. The summed E-state index contributed by atoms with van der Waals surface area (Å²) in [5.41, 5.74) is -3.81. The summed E-state index contributed by atoms with van der Waals surface area (Å²) in [5.74, 6) is -3.45. The largest absolute Gasteiger partial charge is 0.461 e. The van der Waals surface area contributed by atoms with Gasteiger partial charge in [0.1, 0.15) is 18.3 Å². The molecule has 3 fully saturated rings. The van der Waals surface area contributed by atoms with Crippen molar-refractivity contribution in [3.8, 4) is 0 Å². The number of carbonyl (C=O) groups is 5. The van der Waals surface area contributed by atoms with E-state index in [1.165, 1.54) is 0 Å². The molecule has 0 aromatic carbocycles. The Morgan fingerprint density at radius 2 is 1.69 bits per heavy atom. The first-order valence-electron chi connectivity index (χ1n) is 11.3. The third-order valence-corrected chi connectivity index (χ3v) is 8.25. The third-order valence-electron chi connectivity index (χ3n) is 8.25. The second kappa shape index (κ2) is 7.96. The van der Waals surface area contributed by atoms with E-state index in [4.69, 9.17) is 14.2 Å². The fraction of sp³-hybridized carbons (Fsp3) is 0.792. The van der Waals surface area contributed by atoms with Gasteiger partial charge in [-0.1, -0.05) is 34.1 Å².